The van der Waals surface area contributed by atoms with Crippen LogP contribution in [0, 0.1) is 12.8 Å². The number of hydrogen-bond acceptors (Lipinski definition) is 7. The van der Waals surface area contributed by atoms with E-state index in [4.69, 9.17) is 9.47 Å². The molecular formula is C27H31N5O3. The minimum Gasteiger partial charge on any atom is -0.436 e. The molecule has 8 heteroatoms. The molecule has 0 spiro atoms. The predicted molar refractivity (Wildman–Crippen MR) is 136 cm³/mol. The molecule has 3 heterocycles. The molecule has 35 heavy (non-hydrogen) atoms. The van der Waals surface area contributed by atoms with E-state index < -0.39 is 0 Å². The van der Waals surface area contributed by atoms with Gasteiger partial charge in [0.1, 0.15) is 5.75 Å². The van der Waals surface area contributed by atoms with Crippen LogP contribution in [-0.4, -0.2) is 55.3 Å². The van der Waals surface area contributed by atoms with E-state index >= 15 is 0 Å². The van der Waals surface area contributed by atoms with Gasteiger partial charge in [0.25, 0.3) is 5.88 Å². The molecule has 1 atom stereocenters. The average Bonchev–Trinajstić information content (AvgIpc) is 2.91. The maximum absolute atomic E-state index is 13.1. The smallest absolute Gasteiger partial charge is 0.263 e. The molecule has 2 saturated heterocycles. The largest absolute Gasteiger partial charge is 0.436 e. The Balaban J connectivity index is 1.24. The lowest BCUT2D eigenvalue weighted by Gasteiger charge is -2.33. The lowest BCUT2D eigenvalue weighted by Crippen LogP contribution is -2.41. The van der Waals surface area contributed by atoms with E-state index in [0.29, 0.717) is 18.2 Å². The topological polar surface area (TPSA) is 79.8 Å². The standard InChI is InChI=1S/C27H31N5O3/c1-20-5-2-3-7-24(20)35-27-25(28-12-13-29-27)32-14-4-6-21(19-32)26(33)30-22-8-10-23(11-9-22)31-15-17-34-18-16-31/h2-3,5,7-13,21H,4,6,14-19H2,1H3,(H,30,33). The Morgan fingerprint density at radius 3 is 2.57 bits per heavy atom. The Morgan fingerprint density at radius 2 is 1.77 bits per heavy atom. The van der Waals surface area contributed by atoms with Gasteiger partial charge >= 0.3 is 0 Å². The Kier molecular flexibility index (Phi) is 7.09. The van der Waals surface area contributed by atoms with E-state index in [0.717, 1.165) is 68.4 Å². The third kappa shape index (κ3) is 5.54. The number of aryl methyl sites for hydroxylation is 1. The Bertz CT molecular complexity index is 1150. The highest BCUT2D eigenvalue weighted by atomic mass is 16.5. The molecule has 0 radical (unpaired) electrons. The van der Waals surface area contributed by atoms with Crippen LogP contribution in [-0.2, 0) is 9.53 Å². The van der Waals surface area contributed by atoms with Gasteiger partial charge in [-0.15, -0.1) is 0 Å². The van der Waals surface area contributed by atoms with Crippen LogP contribution in [0.15, 0.2) is 60.9 Å². The zero-order valence-corrected chi connectivity index (χ0v) is 20.0. The molecular weight excluding hydrogens is 442 g/mol. The van der Waals surface area contributed by atoms with Crippen molar-refractivity contribution in [3.63, 3.8) is 0 Å². The summed E-state index contributed by atoms with van der Waals surface area (Å²) in [5.74, 6) is 1.76. The molecule has 2 aliphatic heterocycles. The number of ether oxygens (including phenoxy) is 2. The molecule has 1 aromatic heterocycles. The van der Waals surface area contributed by atoms with Crippen molar-refractivity contribution >= 4 is 23.1 Å². The Morgan fingerprint density at radius 1 is 1.00 bits per heavy atom. The van der Waals surface area contributed by atoms with Gasteiger partial charge in [-0.2, -0.15) is 0 Å². The molecule has 2 fully saturated rings. The average molecular weight is 474 g/mol. The first-order valence-electron chi connectivity index (χ1n) is 12.2. The van der Waals surface area contributed by atoms with Gasteiger partial charge in [-0.3, -0.25) is 4.79 Å². The molecule has 2 aliphatic rings. The lowest BCUT2D eigenvalue weighted by atomic mass is 9.97. The van der Waals surface area contributed by atoms with Crippen molar-refractivity contribution in [2.45, 2.75) is 19.8 Å². The number of nitrogens with one attached hydrogen (secondary N) is 1. The number of carbonyl (C=O) groups is 1. The van der Waals surface area contributed by atoms with E-state index in [1.54, 1.807) is 12.4 Å². The number of morpholine rings is 1. The molecule has 1 amide bonds. The lowest BCUT2D eigenvalue weighted by molar-refractivity contribution is -0.120. The molecule has 5 rings (SSSR count). The van der Waals surface area contributed by atoms with E-state index in [-0.39, 0.29) is 11.8 Å². The van der Waals surface area contributed by atoms with Crippen LogP contribution >= 0.6 is 0 Å². The van der Waals surface area contributed by atoms with Crippen LogP contribution in [0.4, 0.5) is 17.2 Å². The quantitative estimate of drug-likeness (QED) is 0.573. The van der Waals surface area contributed by atoms with Gasteiger partial charge in [0.05, 0.1) is 19.1 Å². The zero-order chi connectivity index (χ0) is 24.0. The summed E-state index contributed by atoms with van der Waals surface area (Å²) in [6.07, 6.45) is 5.03. The van der Waals surface area contributed by atoms with Gasteiger partial charge in [0.15, 0.2) is 5.82 Å². The fourth-order valence-electron chi connectivity index (χ4n) is 4.59. The number of piperidine rings is 1. The number of aromatic nitrogens is 2. The normalized spacial score (nSPS) is 18.3. The highest BCUT2D eigenvalue weighted by Gasteiger charge is 2.29. The number of benzene rings is 2. The zero-order valence-electron chi connectivity index (χ0n) is 20.0. The van der Waals surface area contributed by atoms with Gasteiger partial charge in [-0.1, -0.05) is 18.2 Å². The van der Waals surface area contributed by atoms with Crippen molar-refractivity contribution in [3.05, 3.63) is 66.5 Å². The summed E-state index contributed by atoms with van der Waals surface area (Å²) in [5.41, 5.74) is 2.99. The third-order valence-corrected chi connectivity index (χ3v) is 6.55. The number of amides is 1. The minimum absolute atomic E-state index is 0.0269. The molecule has 2 aromatic carbocycles. The van der Waals surface area contributed by atoms with Crippen molar-refractivity contribution < 1.29 is 14.3 Å². The van der Waals surface area contributed by atoms with E-state index in [9.17, 15) is 4.79 Å². The number of hydrogen-bond donors (Lipinski definition) is 1. The highest BCUT2D eigenvalue weighted by Crippen LogP contribution is 2.32. The molecule has 1 N–H and O–H groups in total. The second-order valence-electron chi connectivity index (χ2n) is 8.97. The van der Waals surface area contributed by atoms with Crippen LogP contribution in [0.5, 0.6) is 11.6 Å². The minimum atomic E-state index is -0.143. The van der Waals surface area contributed by atoms with Crippen LogP contribution in [0.3, 0.4) is 0 Å². The summed E-state index contributed by atoms with van der Waals surface area (Å²) in [6, 6.07) is 15.9. The van der Waals surface area contributed by atoms with Gasteiger partial charge < -0.3 is 24.6 Å². The van der Waals surface area contributed by atoms with Crippen LogP contribution < -0.4 is 19.9 Å². The van der Waals surface area contributed by atoms with E-state index in [2.05, 4.69) is 37.2 Å². The molecule has 3 aromatic rings. The third-order valence-electron chi connectivity index (χ3n) is 6.55. The van der Waals surface area contributed by atoms with E-state index in [1.807, 2.05) is 43.3 Å². The Labute approximate surface area is 205 Å². The SMILES string of the molecule is Cc1ccccc1Oc1nccnc1N1CCCC(C(=O)Nc2ccc(N3CCOCC3)cc2)C1. The van der Waals surface area contributed by atoms with Crippen molar-refractivity contribution in [1.82, 2.24) is 9.97 Å². The van der Waals surface area contributed by atoms with Crippen molar-refractivity contribution in [1.29, 1.82) is 0 Å². The van der Waals surface area contributed by atoms with Crippen LogP contribution in [0.2, 0.25) is 0 Å². The predicted octanol–water partition coefficient (Wildman–Crippen LogP) is 4.27. The summed E-state index contributed by atoms with van der Waals surface area (Å²) in [6.45, 7) is 6.66. The second kappa shape index (κ2) is 10.7. The molecule has 8 nitrogen and oxygen atoms in total. The molecule has 0 aliphatic carbocycles. The van der Waals surface area contributed by atoms with Crippen molar-refractivity contribution in [2.24, 2.45) is 5.92 Å². The first kappa shape index (κ1) is 23.1. The summed E-state index contributed by atoms with van der Waals surface area (Å²) in [5, 5.41) is 3.10. The number of rotatable bonds is 6. The van der Waals surface area contributed by atoms with Gasteiger partial charge in [-0.05, 0) is 55.7 Å². The van der Waals surface area contributed by atoms with Gasteiger partial charge in [0.2, 0.25) is 5.91 Å². The molecule has 1 unspecified atom stereocenters. The second-order valence-corrected chi connectivity index (χ2v) is 8.97. The van der Waals surface area contributed by atoms with Crippen LogP contribution in [0.1, 0.15) is 18.4 Å². The summed E-state index contributed by atoms with van der Waals surface area (Å²) >= 11 is 0. The first-order valence-corrected chi connectivity index (χ1v) is 12.2. The maximum atomic E-state index is 13.1. The summed E-state index contributed by atoms with van der Waals surface area (Å²) < 4.78 is 11.5. The van der Waals surface area contributed by atoms with Crippen molar-refractivity contribution in [3.8, 4) is 11.6 Å². The maximum Gasteiger partial charge on any atom is 0.263 e. The molecule has 182 valence electrons. The fourth-order valence-corrected chi connectivity index (χ4v) is 4.59. The van der Waals surface area contributed by atoms with Crippen molar-refractivity contribution in [2.75, 3.05) is 54.5 Å². The van der Waals surface area contributed by atoms with Crippen LogP contribution in [0.25, 0.3) is 0 Å². The summed E-state index contributed by atoms with van der Waals surface area (Å²) in [7, 11) is 0. The fraction of sp³-hybridized carbons (Fsp3) is 0.370. The monoisotopic (exact) mass is 473 g/mol. The molecule has 0 bridgehead atoms. The number of carbonyl (C=O) groups excluding carboxylic acids is 1. The number of para-hydroxylation sites is 1. The highest BCUT2D eigenvalue weighted by molar-refractivity contribution is 5.93. The number of nitrogens with zero attached hydrogens (tertiary/aromatic N) is 4. The molecule has 0 saturated carbocycles. The number of anilines is 3. The summed E-state index contributed by atoms with van der Waals surface area (Å²) in [4.78, 5) is 26.5. The van der Waals surface area contributed by atoms with Gasteiger partial charge in [0, 0.05) is 49.9 Å². The first-order chi connectivity index (χ1) is 17.2. The van der Waals surface area contributed by atoms with Gasteiger partial charge in [-0.25, -0.2) is 9.97 Å². The van der Waals surface area contributed by atoms with E-state index in [1.165, 1.54) is 0 Å². The Hall–Kier alpha value is -3.65.